The van der Waals surface area contributed by atoms with E-state index in [0.717, 1.165) is 37.7 Å². The van der Waals surface area contributed by atoms with E-state index in [9.17, 15) is 9.18 Å². The first-order chi connectivity index (χ1) is 11.3. The van der Waals surface area contributed by atoms with Crippen molar-refractivity contribution in [1.29, 1.82) is 0 Å². The van der Waals surface area contributed by atoms with Crippen LogP contribution in [0.2, 0.25) is 0 Å². The Morgan fingerprint density at radius 3 is 2.50 bits per heavy atom. The van der Waals surface area contributed by atoms with E-state index in [1.807, 2.05) is 31.3 Å². The molecule has 2 nitrogen and oxygen atoms in total. The summed E-state index contributed by atoms with van der Waals surface area (Å²) in [6.07, 6.45) is 4.90. The predicted molar refractivity (Wildman–Crippen MR) is 97.1 cm³/mol. The van der Waals surface area contributed by atoms with Gasteiger partial charge in [-0.1, -0.05) is 26.0 Å². The second-order valence-electron chi connectivity index (χ2n) is 7.09. The zero-order valence-corrected chi connectivity index (χ0v) is 15.2. The lowest BCUT2D eigenvalue weighted by Gasteiger charge is -2.21. The van der Waals surface area contributed by atoms with Gasteiger partial charge in [-0.3, -0.25) is 4.79 Å². The highest BCUT2D eigenvalue weighted by Gasteiger charge is 2.21. The Morgan fingerprint density at radius 1 is 1.12 bits per heavy atom. The molecule has 0 unspecified atom stereocenters. The van der Waals surface area contributed by atoms with Gasteiger partial charge in [0.05, 0.1) is 6.42 Å². The van der Waals surface area contributed by atoms with Crippen molar-refractivity contribution in [3.63, 3.8) is 0 Å². The molecule has 2 rings (SSSR count). The number of benzene rings is 1. The van der Waals surface area contributed by atoms with Gasteiger partial charge in [0.1, 0.15) is 5.82 Å². The summed E-state index contributed by atoms with van der Waals surface area (Å²) in [6, 6.07) is 11.1. The lowest BCUT2D eigenvalue weighted by atomic mass is 9.84. The van der Waals surface area contributed by atoms with Gasteiger partial charge in [-0.25, -0.2) is 4.39 Å². The molecule has 0 aliphatic heterocycles. The summed E-state index contributed by atoms with van der Waals surface area (Å²) in [5.74, 6) is -0.904. The van der Waals surface area contributed by atoms with Crippen molar-refractivity contribution < 1.29 is 14.3 Å². The normalized spacial score (nSPS) is 11.6. The standard InChI is InChI=1S/C20H25FO2S/c1-20(2,14-19(22)23)12-11-18-10-9-17(24-18)8-4-6-15-5-3-7-16(21)13-15/h3,5,7,9-10,13H,4,6,8,11-12,14H2,1-2H3,(H,22,23). The van der Waals surface area contributed by atoms with Crippen molar-refractivity contribution in [3.05, 3.63) is 57.5 Å². The number of carbonyl (C=O) groups is 1. The molecule has 0 spiro atoms. The molecule has 0 fully saturated rings. The molecule has 4 heteroatoms. The van der Waals surface area contributed by atoms with E-state index in [-0.39, 0.29) is 17.7 Å². The summed E-state index contributed by atoms with van der Waals surface area (Å²) in [7, 11) is 0. The fourth-order valence-corrected chi connectivity index (χ4v) is 3.87. The third-order valence-electron chi connectivity index (χ3n) is 4.17. The van der Waals surface area contributed by atoms with E-state index >= 15 is 0 Å². The van der Waals surface area contributed by atoms with E-state index in [1.165, 1.54) is 15.8 Å². The molecule has 130 valence electrons. The van der Waals surface area contributed by atoms with Crippen LogP contribution >= 0.6 is 11.3 Å². The minimum Gasteiger partial charge on any atom is -0.481 e. The lowest BCUT2D eigenvalue weighted by molar-refractivity contribution is -0.139. The van der Waals surface area contributed by atoms with E-state index in [0.29, 0.717) is 0 Å². The fraction of sp³-hybridized carbons (Fsp3) is 0.450. The van der Waals surface area contributed by atoms with Crippen molar-refractivity contribution in [2.24, 2.45) is 5.41 Å². The van der Waals surface area contributed by atoms with Crippen LogP contribution in [-0.2, 0) is 24.1 Å². The first-order valence-corrected chi connectivity index (χ1v) is 9.19. The zero-order valence-electron chi connectivity index (χ0n) is 14.3. The molecule has 1 aromatic heterocycles. The molecule has 1 aromatic carbocycles. The smallest absolute Gasteiger partial charge is 0.303 e. The molecule has 1 heterocycles. The second kappa shape index (κ2) is 8.43. The predicted octanol–water partition coefficient (Wildman–Crippen LogP) is 5.50. The summed E-state index contributed by atoms with van der Waals surface area (Å²) in [5.41, 5.74) is 0.870. The van der Waals surface area contributed by atoms with Crippen LogP contribution in [0.25, 0.3) is 0 Å². The largest absolute Gasteiger partial charge is 0.481 e. The zero-order chi connectivity index (χ0) is 17.6. The van der Waals surface area contributed by atoms with Crippen LogP contribution < -0.4 is 0 Å². The number of aliphatic carboxylic acids is 1. The quantitative estimate of drug-likeness (QED) is 0.650. The molecule has 1 N–H and O–H groups in total. The number of aryl methyl sites for hydroxylation is 3. The molecular formula is C20H25FO2S. The number of rotatable bonds is 9. The fourth-order valence-electron chi connectivity index (χ4n) is 2.81. The average molecular weight is 348 g/mol. The topological polar surface area (TPSA) is 37.3 Å². The van der Waals surface area contributed by atoms with E-state index in [2.05, 4.69) is 12.1 Å². The Morgan fingerprint density at radius 2 is 1.83 bits per heavy atom. The Hall–Kier alpha value is -1.68. The Bertz CT molecular complexity index is 676. The lowest BCUT2D eigenvalue weighted by Crippen LogP contribution is -2.17. The minimum absolute atomic E-state index is 0.171. The molecule has 2 aromatic rings. The highest BCUT2D eigenvalue weighted by molar-refractivity contribution is 7.11. The molecular weight excluding hydrogens is 323 g/mol. The number of thiophene rings is 1. The van der Waals surface area contributed by atoms with E-state index in [1.54, 1.807) is 12.1 Å². The highest BCUT2D eigenvalue weighted by atomic mass is 32.1. The van der Waals surface area contributed by atoms with Gasteiger partial charge in [0.2, 0.25) is 0 Å². The van der Waals surface area contributed by atoms with Crippen molar-refractivity contribution in [2.75, 3.05) is 0 Å². The van der Waals surface area contributed by atoms with Crippen LogP contribution in [0.15, 0.2) is 36.4 Å². The molecule has 0 saturated carbocycles. The molecule has 0 aliphatic rings. The number of halogens is 1. The van der Waals surface area contributed by atoms with Crippen LogP contribution in [-0.4, -0.2) is 11.1 Å². The third-order valence-corrected chi connectivity index (χ3v) is 5.38. The summed E-state index contributed by atoms with van der Waals surface area (Å²) in [4.78, 5) is 13.5. The highest BCUT2D eigenvalue weighted by Crippen LogP contribution is 2.29. The maximum atomic E-state index is 13.1. The number of carboxylic acid groups (broad SMARTS) is 1. The van der Waals surface area contributed by atoms with Crippen LogP contribution in [0.5, 0.6) is 0 Å². The van der Waals surface area contributed by atoms with Crippen LogP contribution in [0, 0.1) is 11.2 Å². The van der Waals surface area contributed by atoms with Gasteiger partial charge in [-0.05, 0) is 67.3 Å². The summed E-state index contributed by atoms with van der Waals surface area (Å²) >= 11 is 1.81. The van der Waals surface area contributed by atoms with Crippen molar-refractivity contribution in [3.8, 4) is 0 Å². The molecule has 0 saturated heterocycles. The number of carboxylic acids is 1. The van der Waals surface area contributed by atoms with Crippen LogP contribution in [0.3, 0.4) is 0 Å². The second-order valence-corrected chi connectivity index (χ2v) is 8.34. The van der Waals surface area contributed by atoms with Gasteiger partial charge in [0, 0.05) is 9.75 Å². The Kier molecular flexibility index (Phi) is 6.55. The molecule has 24 heavy (non-hydrogen) atoms. The van der Waals surface area contributed by atoms with Gasteiger partial charge in [-0.2, -0.15) is 0 Å². The summed E-state index contributed by atoms with van der Waals surface area (Å²) in [6.45, 7) is 4.02. The van der Waals surface area contributed by atoms with Gasteiger partial charge in [-0.15, -0.1) is 11.3 Å². The van der Waals surface area contributed by atoms with Crippen molar-refractivity contribution in [2.45, 2.75) is 52.4 Å². The van der Waals surface area contributed by atoms with E-state index in [4.69, 9.17) is 5.11 Å². The van der Waals surface area contributed by atoms with Crippen molar-refractivity contribution in [1.82, 2.24) is 0 Å². The first kappa shape index (κ1) is 18.7. The summed E-state index contributed by atoms with van der Waals surface area (Å²) in [5, 5.41) is 8.94. The Labute approximate surface area is 147 Å². The van der Waals surface area contributed by atoms with E-state index < -0.39 is 5.97 Å². The third kappa shape index (κ3) is 6.44. The van der Waals surface area contributed by atoms with Gasteiger partial charge in [0.15, 0.2) is 0 Å². The number of hydrogen-bond acceptors (Lipinski definition) is 2. The molecule has 0 radical (unpaired) electrons. The Balaban J connectivity index is 1.77. The molecule has 0 amide bonds. The number of hydrogen-bond donors (Lipinski definition) is 1. The monoisotopic (exact) mass is 348 g/mol. The maximum Gasteiger partial charge on any atom is 0.303 e. The molecule has 0 aliphatic carbocycles. The van der Waals surface area contributed by atoms with Gasteiger partial charge >= 0.3 is 5.97 Å². The van der Waals surface area contributed by atoms with Gasteiger partial charge < -0.3 is 5.11 Å². The average Bonchev–Trinajstić information content (AvgIpc) is 2.92. The minimum atomic E-state index is -0.732. The van der Waals surface area contributed by atoms with Gasteiger partial charge in [0.25, 0.3) is 0 Å². The summed E-state index contributed by atoms with van der Waals surface area (Å²) < 4.78 is 13.1. The van der Waals surface area contributed by atoms with Crippen LogP contribution in [0.1, 0.15) is 48.4 Å². The SMILES string of the molecule is CC(C)(CCc1ccc(CCCc2cccc(F)c2)s1)CC(=O)O. The first-order valence-electron chi connectivity index (χ1n) is 8.38. The van der Waals surface area contributed by atoms with Crippen LogP contribution in [0.4, 0.5) is 4.39 Å². The van der Waals surface area contributed by atoms with Crippen molar-refractivity contribution >= 4 is 17.3 Å². The molecule has 0 atom stereocenters. The molecule has 0 bridgehead atoms. The maximum absolute atomic E-state index is 13.1.